The Balaban J connectivity index is 1.33. The number of carbonyl (C=O) groups is 2. The summed E-state index contributed by atoms with van der Waals surface area (Å²) in [5, 5.41) is 15.7. The Labute approximate surface area is 194 Å². The number of amides is 2. The molecule has 3 heterocycles. The number of thiophene rings is 1. The van der Waals surface area contributed by atoms with Gasteiger partial charge in [-0.15, -0.1) is 11.3 Å². The Morgan fingerprint density at radius 1 is 1.36 bits per heavy atom. The molecule has 0 aliphatic heterocycles. The third-order valence-electron chi connectivity index (χ3n) is 5.15. The number of fused-ring (bicyclic) bond motifs is 1. The molecule has 2 N–H and O–H groups in total. The Morgan fingerprint density at radius 3 is 3.03 bits per heavy atom. The van der Waals surface area contributed by atoms with E-state index in [-0.39, 0.29) is 12.0 Å². The van der Waals surface area contributed by atoms with Crippen LogP contribution in [0.2, 0.25) is 0 Å². The van der Waals surface area contributed by atoms with Crippen LogP contribution >= 0.6 is 11.3 Å². The second kappa shape index (κ2) is 10.6. The van der Waals surface area contributed by atoms with Crippen LogP contribution in [0.15, 0.2) is 49.3 Å². The highest BCUT2D eigenvalue weighted by Gasteiger charge is 2.28. The monoisotopic (exact) mass is 462 g/mol. The minimum Gasteiger partial charge on any atom is -0.446 e. The van der Waals surface area contributed by atoms with Gasteiger partial charge in [0, 0.05) is 55.3 Å². The van der Waals surface area contributed by atoms with Crippen LogP contribution in [0.5, 0.6) is 0 Å². The number of nitrogens with one attached hydrogen (secondary N) is 2. The van der Waals surface area contributed by atoms with Crippen LogP contribution in [-0.2, 0) is 28.9 Å². The summed E-state index contributed by atoms with van der Waals surface area (Å²) in [6.07, 6.45) is 12.6. The number of carbonyl (C=O) groups excluding carboxylic acids is 2. The molecule has 3 aromatic heterocycles. The molecule has 0 radical (unpaired) electrons. The molecule has 0 saturated carbocycles. The molecule has 168 valence electrons. The van der Waals surface area contributed by atoms with E-state index in [9.17, 15) is 14.9 Å². The predicted octanol–water partition coefficient (Wildman–Crippen LogP) is 3.15. The zero-order chi connectivity index (χ0) is 23.0. The van der Waals surface area contributed by atoms with E-state index < -0.39 is 6.09 Å². The Hall–Kier alpha value is -3.97. The van der Waals surface area contributed by atoms with Crippen molar-refractivity contribution in [2.45, 2.75) is 31.9 Å². The van der Waals surface area contributed by atoms with Crippen molar-refractivity contribution >= 4 is 34.4 Å². The van der Waals surface area contributed by atoms with Gasteiger partial charge in [-0.3, -0.25) is 9.78 Å². The van der Waals surface area contributed by atoms with Gasteiger partial charge in [0.15, 0.2) is 0 Å². The van der Waals surface area contributed by atoms with Crippen molar-refractivity contribution in [3.8, 4) is 6.07 Å². The van der Waals surface area contributed by atoms with Crippen LogP contribution in [0.4, 0.5) is 9.80 Å². The predicted molar refractivity (Wildman–Crippen MR) is 123 cm³/mol. The molecule has 1 aliphatic carbocycles. The second-order valence-corrected chi connectivity index (χ2v) is 8.53. The maximum atomic E-state index is 12.4. The minimum absolute atomic E-state index is 0.273. The molecule has 4 rings (SSSR count). The van der Waals surface area contributed by atoms with Crippen LogP contribution in [0.1, 0.15) is 28.0 Å². The van der Waals surface area contributed by atoms with Crippen LogP contribution < -0.4 is 10.6 Å². The normalized spacial score (nSPS) is 14.9. The van der Waals surface area contributed by atoms with E-state index in [0.717, 1.165) is 16.0 Å². The molecule has 10 heteroatoms. The lowest BCUT2D eigenvalue weighted by Crippen LogP contribution is -2.33. The molecule has 0 aromatic carbocycles. The lowest BCUT2D eigenvalue weighted by atomic mass is 9.94. The summed E-state index contributed by atoms with van der Waals surface area (Å²) < 4.78 is 7.43. The third kappa shape index (κ3) is 5.84. The summed E-state index contributed by atoms with van der Waals surface area (Å²) >= 11 is 1.36. The lowest BCUT2D eigenvalue weighted by molar-refractivity contribution is -0.111. The molecule has 1 atom stereocenters. The molecular formula is C23H22N6O3S. The van der Waals surface area contributed by atoms with Gasteiger partial charge in [0.25, 0.3) is 0 Å². The van der Waals surface area contributed by atoms with Gasteiger partial charge in [0.05, 0.1) is 11.9 Å². The first kappa shape index (κ1) is 22.2. The van der Waals surface area contributed by atoms with Gasteiger partial charge >= 0.3 is 6.09 Å². The van der Waals surface area contributed by atoms with Crippen molar-refractivity contribution in [1.82, 2.24) is 19.9 Å². The number of rotatable bonds is 7. The average Bonchev–Trinajstić information content (AvgIpc) is 3.45. The lowest BCUT2D eigenvalue weighted by Gasteiger charge is -2.22. The van der Waals surface area contributed by atoms with E-state index in [0.29, 0.717) is 42.9 Å². The van der Waals surface area contributed by atoms with E-state index in [1.807, 2.05) is 16.8 Å². The highest BCUT2D eigenvalue weighted by Crippen LogP contribution is 2.38. The molecule has 3 aromatic rings. The van der Waals surface area contributed by atoms with Crippen molar-refractivity contribution in [2.75, 3.05) is 11.9 Å². The highest BCUT2D eigenvalue weighted by atomic mass is 32.1. The van der Waals surface area contributed by atoms with E-state index >= 15 is 0 Å². The van der Waals surface area contributed by atoms with Gasteiger partial charge in [-0.05, 0) is 36.1 Å². The SMILES string of the molecule is N#Cc1c(NC(=O)C=Cc2cccnc2)sc2c1CCC(OC(=O)NCCn1ccnc1)C2. The first-order chi connectivity index (χ1) is 16.1. The molecular weight excluding hydrogens is 440 g/mol. The molecule has 0 spiro atoms. The fourth-order valence-corrected chi connectivity index (χ4v) is 4.83. The topological polar surface area (TPSA) is 122 Å². The van der Waals surface area contributed by atoms with Crippen molar-refractivity contribution in [3.05, 3.63) is 70.9 Å². The summed E-state index contributed by atoms with van der Waals surface area (Å²) in [5.41, 5.74) is 2.22. The second-order valence-electron chi connectivity index (χ2n) is 7.43. The number of aromatic nitrogens is 3. The number of pyridine rings is 1. The molecule has 0 bridgehead atoms. The molecule has 0 fully saturated rings. The smallest absolute Gasteiger partial charge is 0.407 e. The zero-order valence-corrected chi connectivity index (χ0v) is 18.5. The number of alkyl carbamates (subject to hydrolysis) is 1. The summed E-state index contributed by atoms with van der Waals surface area (Å²) in [6, 6.07) is 5.85. The summed E-state index contributed by atoms with van der Waals surface area (Å²) in [7, 11) is 0. The number of nitriles is 1. The van der Waals surface area contributed by atoms with Crippen LogP contribution in [-0.4, -0.2) is 39.2 Å². The van der Waals surface area contributed by atoms with Gasteiger partial charge in [-0.1, -0.05) is 6.07 Å². The Kier molecular flexibility index (Phi) is 7.12. The van der Waals surface area contributed by atoms with Gasteiger partial charge in [0.1, 0.15) is 17.2 Å². The maximum Gasteiger partial charge on any atom is 0.407 e. The van der Waals surface area contributed by atoms with Crippen LogP contribution in [0.3, 0.4) is 0 Å². The van der Waals surface area contributed by atoms with Gasteiger partial charge in [-0.25, -0.2) is 9.78 Å². The minimum atomic E-state index is -0.463. The van der Waals surface area contributed by atoms with Crippen LogP contribution in [0, 0.1) is 11.3 Å². The number of nitrogens with zero attached hydrogens (tertiary/aromatic N) is 4. The number of hydrogen-bond acceptors (Lipinski definition) is 7. The summed E-state index contributed by atoms with van der Waals surface area (Å²) in [6.45, 7) is 1.05. The van der Waals surface area contributed by atoms with Crippen molar-refractivity contribution < 1.29 is 14.3 Å². The van der Waals surface area contributed by atoms with Gasteiger partial charge in [-0.2, -0.15) is 5.26 Å². The Bertz CT molecular complexity index is 1180. The van der Waals surface area contributed by atoms with E-state index in [1.165, 1.54) is 17.4 Å². The van der Waals surface area contributed by atoms with Gasteiger partial charge < -0.3 is 19.9 Å². The standard InChI is InChI=1S/C23H22N6O3S/c24-13-19-18-5-4-17(32-23(31)27-9-11-29-10-8-26-15-29)12-20(18)33-22(19)28-21(30)6-3-16-2-1-7-25-14-16/h1-3,6-8,10,14-15,17H,4-5,9,11-12H2,(H,27,31)(H,28,30). The summed E-state index contributed by atoms with van der Waals surface area (Å²) in [4.78, 5) is 33.4. The molecule has 0 saturated heterocycles. The average molecular weight is 463 g/mol. The van der Waals surface area contributed by atoms with Crippen molar-refractivity contribution in [2.24, 2.45) is 0 Å². The fourth-order valence-electron chi connectivity index (χ4n) is 3.56. The van der Waals surface area contributed by atoms with E-state index in [1.54, 1.807) is 37.1 Å². The first-order valence-corrected chi connectivity index (χ1v) is 11.3. The number of anilines is 1. The molecule has 33 heavy (non-hydrogen) atoms. The fraction of sp³-hybridized carbons (Fsp3) is 0.261. The molecule has 2 amide bonds. The van der Waals surface area contributed by atoms with Crippen LogP contribution in [0.25, 0.3) is 6.08 Å². The summed E-state index contributed by atoms with van der Waals surface area (Å²) in [5.74, 6) is -0.320. The van der Waals surface area contributed by atoms with E-state index in [4.69, 9.17) is 4.74 Å². The maximum absolute atomic E-state index is 12.4. The largest absolute Gasteiger partial charge is 0.446 e. The molecule has 1 aliphatic rings. The number of imidazole rings is 1. The number of hydrogen-bond donors (Lipinski definition) is 2. The molecule has 9 nitrogen and oxygen atoms in total. The quantitative estimate of drug-likeness (QED) is 0.520. The van der Waals surface area contributed by atoms with Gasteiger partial charge in [0.2, 0.25) is 5.91 Å². The zero-order valence-electron chi connectivity index (χ0n) is 17.7. The number of ether oxygens (including phenoxy) is 1. The van der Waals surface area contributed by atoms with E-state index in [2.05, 4.69) is 26.7 Å². The van der Waals surface area contributed by atoms with Crippen molar-refractivity contribution in [3.63, 3.8) is 0 Å². The molecule has 1 unspecified atom stereocenters. The van der Waals surface area contributed by atoms with Crippen molar-refractivity contribution in [1.29, 1.82) is 5.26 Å². The Morgan fingerprint density at radius 2 is 2.27 bits per heavy atom. The third-order valence-corrected chi connectivity index (χ3v) is 6.32. The highest BCUT2D eigenvalue weighted by molar-refractivity contribution is 7.16. The first-order valence-electron chi connectivity index (χ1n) is 10.5.